The number of hydroxylamine groups is 2. The van der Waals surface area contributed by atoms with Gasteiger partial charge >= 0.3 is 6.03 Å². The van der Waals surface area contributed by atoms with E-state index in [9.17, 15) is 4.79 Å². The smallest absolute Gasteiger partial charge is 0.345 e. The fourth-order valence-corrected chi connectivity index (χ4v) is 2.84. The van der Waals surface area contributed by atoms with E-state index in [-0.39, 0.29) is 11.4 Å². The SMILES string of the molecule is CON(C)C(=O)Nc1cccc(OCCC2(C)CC2(Cl)Cl)c1. The third kappa shape index (κ3) is 3.97. The maximum Gasteiger partial charge on any atom is 0.345 e. The van der Waals surface area contributed by atoms with E-state index in [0.717, 1.165) is 17.9 Å². The lowest BCUT2D eigenvalue weighted by atomic mass is 10.1. The van der Waals surface area contributed by atoms with Crippen molar-refractivity contribution in [1.29, 1.82) is 0 Å². The Labute approximate surface area is 140 Å². The second-order valence-electron chi connectivity index (χ2n) is 5.68. The molecule has 22 heavy (non-hydrogen) atoms. The maximum absolute atomic E-state index is 11.7. The van der Waals surface area contributed by atoms with Gasteiger partial charge in [-0.1, -0.05) is 13.0 Å². The summed E-state index contributed by atoms with van der Waals surface area (Å²) in [7, 11) is 2.95. The predicted molar refractivity (Wildman–Crippen MR) is 87.5 cm³/mol. The van der Waals surface area contributed by atoms with Gasteiger partial charge in [0.05, 0.1) is 13.7 Å². The molecular formula is C15H20Cl2N2O3. The Balaban J connectivity index is 1.85. The van der Waals surface area contributed by atoms with Crippen molar-refractivity contribution in [1.82, 2.24) is 5.06 Å². The Morgan fingerprint density at radius 2 is 2.14 bits per heavy atom. The summed E-state index contributed by atoms with van der Waals surface area (Å²) in [6, 6.07) is 6.81. The van der Waals surface area contributed by atoms with Crippen LogP contribution in [0.15, 0.2) is 24.3 Å². The largest absolute Gasteiger partial charge is 0.493 e. The van der Waals surface area contributed by atoms with Gasteiger partial charge in [0.25, 0.3) is 0 Å². The molecule has 1 aliphatic carbocycles. The zero-order chi connectivity index (χ0) is 16.4. The summed E-state index contributed by atoms with van der Waals surface area (Å²) in [4.78, 5) is 16.5. The Hall–Kier alpha value is -1.17. The highest BCUT2D eigenvalue weighted by Gasteiger charge is 2.62. The van der Waals surface area contributed by atoms with Gasteiger partial charge in [0.1, 0.15) is 10.1 Å². The number of carbonyl (C=O) groups excluding carboxylic acids is 1. The monoisotopic (exact) mass is 346 g/mol. The fourth-order valence-electron chi connectivity index (χ4n) is 2.06. The first-order valence-electron chi connectivity index (χ1n) is 6.97. The molecule has 7 heteroatoms. The zero-order valence-corrected chi connectivity index (χ0v) is 14.4. The highest BCUT2D eigenvalue weighted by molar-refractivity contribution is 6.51. The highest BCUT2D eigenvalue weighted by atomic mass is 35.5. The molecule has 1 atom stereocenters. The number of rotatable bonds is 6. The van der Waals surface area contributed by atoms with Crippen LogP contribution in [-0.2, 0) is 4.84 Å². The van der Waals surface area contributed by atoms with Crippen molar-refractivity contribution in [3.63, 3.8) is 0 Å². The van der Waals surface area contributed by atoms with Crippen molar-refractivity contribution in [3.8, 4) is 5.75 Å². The molecule has 0 aromatic heterocycles. The summed E-state index contributed by atoms with van der Waals surface area (Å²) in [6.07, 6.45) is 1.56. The van der Waals surface area contributed by atoms with Crippen molar-refractivity contribution in [2.75, 3.05) is 26.1 Å². The molecule has 1 aliphatic rings. The first kappa shape index (κ1) is 17.2. The van der Waals surface area contributed by atoms with E-state index in [2.05, 4.69) is 5.32 Å². The summed E-state index contributed by atoms with van der Waals surface area (Å²) >= 11 is 12.2. The first-order chi connectivity index (χ1) is 10.3. The van der Waals surface area contributed by atoms with Crippen molar-refractivity contribution in [3.05, 3.63) is 24.3 Å². The molecule has 1 saturated carbocycles. The van der Waals surface area contributed by atoms with E-state index < -0.39 is 4.33 Å². The van der Waals surface area contributed by atoms with Crippen molar-refractivity contribution in [2.24, 2.45) is 5.41 Å². The lowest BCUT2D eigenvalue weighted by Gasteiger charge is -2.16. The Kier molecular flexibility index (Phi) is 5.10. The number of hydrogen-bond donors (Lipinski definition) is 1. The standard InChI is InChI=1S/C15H20Cl2N2O3/c1-14(10-15(14,16)17)7-8-22-12-6-4-5-11(9-12)18-13(20)19(2)21-3/h4-6,9H,7-8,10H2,1-3H3,(H,18,20). The summed E-state index contributed by atoms with van der Waals surface area (Å²) in [6.45, 7) is 2.57. The average molecular weight is 347 g/mol. The number of anilines is 1. The fraction of sp³-hybridized carbons (Fsp3) is 0.533. The van der Waals surface area contributed by atoms with Gasteiger partial charge in [0.15, 0.2) is 0 Å². The second kappa shape index (κ2) is 6.52. The van der Waals surface area contributed by atoms with Gasteiger partial charge in [-0.2, -0.15) is 0 Å². The number of nitrogens with one attached hydrogen (secondary N) is 1. The number of benzene rings is 1. The van der Waals surface area contributed by atoms with Crippen LogP contribution in [0.5, 0.6) is 5.75 Å². The van der Waals surface area contributed by atoms with Crippen molar-refractivity contribution in [2.45, 2.75) is 24.1 Å². The van der Waals surface area contributed by atoms with E-state index in [1.165, 1.54) is 14.2 Å². The number of amides is 2. The Morgan fingerprint density at radius 1 is 1.45 bits per heavy atom. The van der Waals surface area contributed by atoms with Crippen LogP contribution in [0.4, 0.5) is 10.5 Å². The molecule has 122 valence electrons. The van der Waals surface area contributed by atoms with Gasteiger partial charge in [-0.25, -0.2) is 9.86 Å². The van der Waals surface area contributed by atoms with Gasteiger partial charge < -0.3 is 10.1 Å². The van der Waals surface area contributed by atoms with Crippen molar-refractivity contribution >= 4 is 34.9 Å². The number of urea groups is 1. The van der Waals surface area contributed by atoms with Crippen LogP contribution in [0, 0.1) is 5.41 Å². The molecule has 0 bridgehead atoms. The third-order valence-electron chi connectivity index (χ3n) is 3.94. The minimum atomic E-state index is -0.628. The third-order valence-corrected chi connectivity index (χ3v) is 5.12. The van der Waals surface area contributed by atoms with Crippen LogP contribution in [0.2, 0.25) is 0 Å². The first-order valence-corrected chi connectivity index (χ1v) is 7.72. The van der Waals surface area contributed by atoms with E-state index in [1.807, 2.05) is 19.1 Å². The van der Waals surface area contributed by atoms with E-state index in [1.54, 1.807) is 12.1 Å². The Morgan fingerprint density at radius 3 is 2.73 bits per heavy atom. The lowest BCUT2D eigenvalue weighted by Crippen LogP contribution is -2.30. The summed E-state index contributed by atoms with van der Waals surface area (Å²) in [5.41, 5.74) is 0.552. The number of ether oxygens (including phenoxy) is 1. The van der Waals surface area contributed by atoms with Crippen molar-refractivity contribution < 1.29 is 14.4 Å². The molecule has 0 saturated heterocycles. The molecule has 1 fully saturated rings. The molecule has 1 aromatic carbocycles. The predicted octanol–water partition coefficient (Wildman–Crippen LogP) is 4.06. The topological polar surface area (TPSA) is 50.8 Å². The number of hydrogen-bond acceptors (Lipinski definition) is 3. The van der Waals surface area contributed by atoms with Crippen LogP contribution in [0.1, 0.15) is 19.8 Å². The number of alkyl halides is 2. The van der Waals surface area contributed by atoms with Crippen LogP contribution >= 0.6 is 23.2 Å². The number of carbonyl (C=O) groups is 1. The van der Waals surface area contributed by atoms with Gasteiger partial charge in [0, 0.05) is 24.2 Å². The number of halogens is 2. The minimum absolute atomic E-state index is 0.0802. The minimum Gasteiger partial charge on any atom is -0.493 e. The second-order valence-corrected chi connectivity index (χ2v) is 7.16. The van der Waals surface area contributed by atoms with Crippen LogP contribution in [-0.4, -0.2) is 36.2 Å². The Bertz CT molecular complexity index is 553. The maximum atomic E-state index is 11.7. The summed E-state index contributed by atoms with van der Waals surface area (Å²) in [5, 5.41) is 3.80. The lowest BCUT2D eigenvalue weighted by molar-refractivity contribution is -0.0598. The summed E-state index contributed by atoms with van der Waals surface area (Å²) < 4.78 is 5.08. The van der Waals surface area contributed by atoms with Crippen LogP contribution in [0.3, 0.4) is 0 Å². The molecule has 0 radical (unpaired) electrons. The van der Waals surface area contributed by atoms with Gasteiger partial charge in [-0.3, -0.25) is 4.84 Å². The average Bonchev–Trinajstić information content (AvgIpc) is 2.96. The summed E-state index contributed by atoms with van der Waals surface area (Å²) in [5.74, 6) is 0.678. The van der Waals surface area contributed by atoms with Gasteiger partial charge in [-0.15, -0.1) is 23.2 Å². The molecular weight excluding hydrogens is 327 g/mol. The molecule has 2 amide bonds. The van der Waals surface area contributed by atoms with Crippen LogP contribution < -0.4 is 10.1 Å². The highest BCUT2D eigenvalue weighted by Crippen LogP contribution is 2.65. The van der Waals surface area contributed by atoms with E-state index in [4.69, 9.17) is 32.8 Å². The zero-order valence-electron chi connectivity index (χ0n) is 12.9. The quantitative estimate of drug-likeness (QED) is 0.624. The molecule has 1 unspecified atom stereocenters. The molecule has 1 aromatic rings. The number of nitrogens with zero attached hydrogens (tertiary/aromatic N) is 1. The van der Waals surface area contributed by atoms with E-state index >= 15 is 0 Å². The molecule has 1 N–H and O–H groups in total. The van der Waals surface area contributed by atoms with Gasteiger partial charge in [-0.05, 0) is 25.0 Å². The molecule has 0 spiro atoms. The molecule has 0 heterocycles. The normalized spacial score (nSPS) is 22.0. The molecule has 5 nitrogen and oxygen atoms in total. The van der Waals surface area contributed by atoms with Gasteiger partial charge in [0.2, 0.25) is 0 Å². The van der Waals surface area contributed by atoms with E-state index in [0.29, 0.717) is 18.0 Å². The molecule has 2 rings (SSSR count). The molecule has 0 aliphatic heterocycles. The van der Waals surface area contributed by atoms with Crippen LogP contribution in [0.25, 0.3) is 0 Å².